The van der Waals surface area contributed by atoms with Crippen LogP contribution in [0.5, 0.6) is 0 Å². The lowest BCUT2D eigenvalue weighted by Gasteiger charge is -2.10. The summed E-state index contributed by atoms with van der Waals surface area (Å²) in [6, 6.07) is 9.50. The van der Waals surface area contributed by atoms with Crippen LogP contribution in [-0.2, 0) is 6.42 Å². The molecule has 33 heavy (non-hydrogen) atoms. The number of aromatic nitrogens is 2. The minimum Gasteiger partial charge on any atom is -0.408 e. The Labute approximate surface area is 188 Å². The smallest absolute Gasteiger partial charge is 0.346 e. The van der Waals surface area contributed by atoms with Gasteiger partial charge in [-0.3, -0.25) is 9.59 Å². The summed E-state index contributed by atoms with van der Waals surface area (Å²) in [5, 5.41) is 0.469. The van der Waals surface area contributed by atoms with Crippen molar-refractivity contribution in [1.82, 2.24) is 9.97 Å². The molecule has 0 fully saturated rings. The monoisotopic (exact) mass is 446 g/mol. The lowest BCUT2D eigenvalue weighted by Crippen LogP contribution is -2.12. The highest BCUT2D eigenvalue weighted by atomic mass is 16.4. The fourth-order valence-electron chi connectivity index (χ4n) is 3.61. The molecule has 0 radical (unpaired) electrons. The summed E-state index contributed by atoms with van der Waals surface area (Å²) in [6.45, 7) is 5.28. The van der Waals surface area contributed by atoms with Gasteiger partial charge in [0.05, 0.1) is 21.8 Å². The zero-order valence-electron chi connectivity index (χ0n) is 18.5. The molecule has 0 amide bonds. The molecular formula is C25H22N2O6. The number of nitrogens with zero attached hydrogens (tertiary/aromatic N) is 2. The van der Waals surface area contributed by atoms with E-state index in [1.165, 1.54) is 12.1 Å². The number of fused-ring (bicyclic) bond motifs is 2. The van der Waals surface area contributed by atoms with Crippen LogP contribution in [0.4, 0.5) is 0 Å². The van der Waals surface area contributed by atoms with Crippen LogP contribution in [0.2, 0.25) is 0 Å². The number of benzene rings is 2. The van der Waals surface area contributed by atoms with E-state index in [0.717, 1.165) is 0 Å². The van der Waals surface area contributed by atoms with Crippen LogP contribution in [0.1, 0.15) is 72.0 Å². The molecule has 0 saturated carbocycles. The van der Waals surface area contributed by atoms with Crippen molar-refractivity contribution in [3.63, 3.8) is 0 Å². The molecule has 0 spiro atoms. The summed E-state index contributed by atoms with van der Waals surface area (Å²) in [5.41, 5.74) is 0.531. The van der Waals surface area contributed by atoms with Crippen molar-refractivity contribution >= 4 is 33.4 Å². The van der Waals surface area contributed by atoms with Gasteiger partial charge in [-0.15, -0.1) is 0 Å². The van der Waals surface area contributed by atoms with E-state index in [-0.39, 0.29) is 40.5 Å². The molecule has 0 aliphatic heterocycles. The van der Waals surface area contributed by atoms with E-state index in [1.54, 1.807) is 45.0 Å². The molecule has 8 nitrogen and oxygen atoms in total. The number of ketones is 2. The van der Waals surface area contributed by atoms with Crippen molar-refractivity contribution in [3.8, 4) is 0 Å². The standard InChI is InChI=1S/C25H22N2O6/c1-4-20(28)14-6-8-18-16(11-14)24(30)32-22(26-18)10-13(3)23-27-19-9-7-15(21(29)5-2)12-17(19)25(31)33-23/h6-9,11-13H,4-5,10H2,1-3H3. The van der Waals surface area contributed by atoms with Crippen LogP contribution in [0, 0.1) is 0 Å². The number of hydrogen-bond donors (Lipinski definition) is 0. The Morgan fingerprint density at radius 3 is 1.88 bits per heavy atom. The number of rotatable bonds is 7. The second kappa shape index (κ2) is 8.90. The second-order valence-corrected chi connectivity index (χ2v) is 7.86. The third-order valence-electron chi connectivity index (χ3n) is 5.51. The zero-order valence-corrected chi connectivity index (χ0v) is 18.5. The highest BCUT2D eigenvalue weighted by molar-refractivity contribution is 5.99. The Morgan fingerprint density at radius 2 is 1.33 bits per heavy atom. The second-order valence-electron chi connectivity index (χ2n) is 7.86. The van der Waals surface area contributed by atoms with Gasteiger partial charge < -0.3 is 8.83 Å². The molecule has 8 heteroatoms. The first-order valence-electron chi connectivity index (χ1n) is 10.8. The minimum absolute atomic E-state index is 0.0717. The molecule has 1 atom stereocenters. The van der Waals surface area contributed by atoms with E-state index in [4.69, 9.17) is 8.83 Å². The minimum atomic E-state index is -0.589. The van der Waals surface area contributed by atoms with Crippen LogP contribution in [0.15, 0.2) is 54.8 Å². The summed E-state index contributed by atoms with van der Waals surface area (Å²) < 4.78 is 10.8. The quantitative estimate of drug-likeness (QED) is 0.387. The van der Waals surface area contributed by atoms with Crippen molar-refractivity contribution in [3.05, 3.63) is 80.1 Å². The number of Topliss-reactive ketones (excluding diaryl/α,β-unsaturated/α-hetero) is 2. The van der Waals surface area contributed by atoms with Gasteiger partial charge in [0, 0.05) is 36.3 Å². The fourth-order valence-corrected chi connectivity index (χ4v) is 3.61. The molecule has 2 heterocycles. The Balaban J connectivity index is 1.65. The molecule has 2 aromatic carbocycles. The average Bonchev–Trinajstić information content (AvgIpc) is 2.82. The van der Waals surface area contributed by atoms with Crippen molar-refractivity contribution in [2.75, 3.05) is 0 Å². The number of carbonyl (C=O) groups is 2. The first-order valence-corrected chi connectivity index (χ1v) is 10.8. The first kappa shape index (κ1) is 22.3. The zero-order chi connectivity index (χ0) is 23.7. The molecule has 0 aliphatic carbocycles. The Morgan fingerprint density at radius 1 is 0.818 bits per heavy atom. The lowest BCUT2D eigenvalue weighted by molar-refractivity contribution is 0.0980. The third kappa shape index (κ3) is 4.37. The predicted molar refractivity (Wildman–Crippen MR) is 122 cm³/mol. The van der Waals surface area contributed by atoms with Gasteiger partial charge in [0.2, 0.25) is 5.89 Å². The first-order chi connectivity index (χ1) is 15.8. The summed E-state index contributed by atoms with van der Waals surface area (Å²) in [6.07, 6.45) is 0.842. The van der Waals surface area contributed by atoms with Gasteiger partial charge in [0.1, 0.15) is 0 Å². The normalized spacial score (nSPS) is 12.2. The van der Waals surface area contributed by atoms with Gasteiger partial charge >= 0.3 is 11.3 Å². The molecule has 0 aliphatic rings. The van der Waals surface area contributed by atoms with Crippen molar-refractivity contribution < 1.29 is 18.4 Å². The van der Waals surface area contributed by atoms with Gasteiger partial charge in [-0.2, -0.15) is 0 Å². The van der Waals surface area contributed by atoms with Gasteiger partial charge in [-0.05, 0) is 36.4 Å². The molecule has 1 unspecified atom stereocenters. The van der Waals surface area contributed by atoms with E-state index in [1.807, 2.05) is 0 Å². The summed E-state index contributed by atoms with van der Waals surface area (Å²) in [4.78, 5) is 57.7. The number of hydrogen-bond acceptors (Lipinski definition) is 8. The largest absolute Gasteiger partial charge is 0.408 e. The lowest BCUT2D eigenvalue weighted by atomic mass is 10.1. The van der Waals surface area contributed by atoms with Gasteiger partial charge in [-0.1, -0.05) is 20.8 Å². The molecular weight excluding hydrogens is 424 g/mol. The van der Waals surface area contributed by atoms with Crippen molar-refractivity contribution in [2.24, 2.45) is 0 Å². The Bertz CT molecular complexity index is 1520. The fraction of sp³-hybridized carbons (Fsp3) is 0.280. The molecule has 2 aromatic heterocycles. The van der Waals surface area contributed by atoms with E-state index in [0.29, 0.717) is 35.0 Å². The van der Waals surface area contributed by atoms with E-state index in [9.17, 15) is 19.2 Å². The van der Waals surface area contributed by atoms with Crippen LogP contribution >= 0.6 is 0 Å². The van der Waals surface area contributed by atoms with Gasteiger partial charge in [0.25, 0.3) is 0 Å². The SMILES string of the molecule is CCC(=O)c1ccc2nc(CC(C)c3nc4ccc(C(=O)CC)cc4c(=O)o3)oc(=O)c2c1. The van der Waals surface area contributed by atoms with Crippen LogP contribution in [-0.4, -0.2) is 21.5 Å². The predicted octanol–water partition coefficient (Wildman–Crippen LogP) is 4.22. The molecule has 168 valence electrons. The highest BCUT2D eigenvalue weighted by Crippen LogP contribution is 2.21. The molecule has 4 rings (SSSR count). The molecule has 4 aromatic rings. The maximum absolute atomic E-state index is 12.5. The van der Waals surface area contributed by atoms with Crippen LogP contribution in [0.3, 0.4) is 0 Å². The van der Waals surface area contributed by atoms with Gasteiger partial charge in [-0.25, -0.2) is 19.6 Å². The molecule has 0 saturated heterocycles. The highest BCUT2D eigenvalue weighted by Gasteiger charge is 2.18. The molecule has 0 bridgehead atoms. The van der Waals surface area contributed by atoms with Crippen molar-refractivity contribution in [1.29, 1.82) is 0 Å². The summed E-state index contributed by atoms with van der Waals surface area (Å²) in [5.74, 6) is -0.207. The maximum Gasteiger partial charge on any atom is 0.346 e. The van der Waals surface area contributed by atoms with Crippen LogP contribution in [0.25, 0.3) is 21.8 Å². The van der Waals surface area contributed by atoms with Crippen molar-refractivity contribution in [2.45, 2.75) is 46.0 Å². The average molecular weight is 446 g/mol. The molecule has 0 N–H and O–H groups in total. The topological polar surface area (TPSA) is 120 Å². The van der Waals surface area contributed by atoms with Gasteiger partial charge in [0.15, 0.2) is 17.5 Å². The van der Waals surface area contributed by atoms with E-state index >= 15 is 0 Å². The Hall–Kier alpha value is -3.94. The van der Waals surface area contributed by atoms with E-state index < -0.39 is 17.2 Å². The number of carbonyl (C=O) groups excluding carboxylic acids is 2. The summed E-state index contributed by atoms with van der Waals surface area (Å²) >= 11 is 0. The Kier molecular flexibility index (Phi) is 6.00. The third-order valence-corrected chi connectivity index (χ3v) is 5.51. The van der Waals surface area contributed by atoms with E-state index in [2.05, 4.69) is 9.97 Å². The maximum atomic E-state index is 12.5. The van der Waals surface area contributed by atoms with Crippen LogP contribution < -0.4 is 11.3 Å². The summed E-state index contributed by atoms with van der Waals surface area (Å²) in [7, 11) is 0.